The summed E-state index contributed by atoms with van der Waals surface area (Å²) in [6, 6.07) is 16.0. The molecule has 2 heterocycles. The Morgan fingerprint density at radius 2 is 1.93 bits per heavy atom. The van der Waals surface area contributed by atoms with Crippen LogP contribution >= 0.6 is 34.4 Å². The van der Waals surface area contributed by atoms with Crippen LogP contribution in [-0.4, -0.2) is 17.1 Å². The summed E-state index contributed by atoms with van der Waals surface area (Å²) in [5, 5.41) is 5.17. The van der Waals surface area contributed by atoms with E-state index in [0.717, 1.165) is 38.8 Å². The number of carbonyl (C=O) groups excluding carboxylic acids is 1. The molecule has 1 aliphatic rings. The fraction of sp³-hybridized carbons (Fsp3) is 0.217. The molecule has 2 aromatic heterocycles. The highest BCUT2D eigenvalue weighted by Crippen LogP contribution is 2.46. The van der Waals surface area contributed by atoms with E-state index in [-0.39, 0.29) is 5.91 Å². The fourth-order valence-corrected chi connectivity index (χ4v) is 6.65. The van der Waals surface area contributed by atoms with Crippen molar-refractivity contribution in [2.24, 2.45) is 0 Å². The number of para-hydroxylation sites is 1. The number of nitrogens with one attached hydrogen (secondary N) is 1. The van der Waals surface area contributed by atoms with Crippen molar-refractivity contribution in [3.8, 4) is 10.6 Å². The molecule has 0 bridgehead atoms. The molecule has 0 radical (unpaired) electrons. The second kappa shape index (κ2) is 7.94. The zero-order valence-corrected chi connectivity index (χ0v) is 18.5. The highest BCUT2D eigenvalue weighted by Gasteiger charge is 2.25. The number of hydrogen-bond acceptors (Lipinski definition) is 5. The summed E-state index contributed by atoms with van der Waals surface area (Å²) < 4.78 is 1.18. The van der Waals surface area contributed by atoms with Gasteiger partial charge >= 0.3 is 0 Å². The van der Waals surface area contributed by atoms with Crippen LogP contribution in [0.2, 0.25) is 0 Å². The summed E-state index contributed by atoms with van der Waals surface area (Å²) in [7, 11) is 0. The van der Waals surface area contributed by atoms with Crippen LogP contribution in [0.3, 0.4) is 0 Å². The molecule has 3 nitrogen and oxygen atoms in total. The third-order valence-corrected chi connectivity index (χ3v) is 8.22. The van der Waals surface area contributed by atoms with Crippen LogP contribution in [0.5, 0.6) is 0 Å². The molecule has 0 aliphatic heterocycles. The molecule has 0 atom stereocenters. The minimum absolute atomic E-state index is 0.0538. The Labute approximate surface area is 182 Å². The van der Waals surface area contributed by atoms with Crippen LogP contribution < -0.4 is 5.32 Å². The van der Waals surface area contributed by atoms with Gasteiger partial charge in [-0.15, -0.1) is 34.4 Å². The lowest BCUT2D eigenvalue weighted by Crippen LogP contribution is -2.11. The van der Waals surface area contributed by atoms with E-state index in [1.807, 2.05) is 36.6 Å². The Morgan fingerprint density at radius 3 is 2.79 bits per heavy atom. The van der Waals surface area contributed by atoms with Gasteiger partial charge in [0.15, 0.2) is 0 Å². The number of amides is 1. The van der Waals surface area contributed by atoms with Crippen LogP contribution in [0.4, 0.5) is 5.00 Å². The Bertz CT molecular complexity index is 1180. The van der Waals surface area contributed by atoms with E-state index >= 15 is 0 Å². The molecule has 5 rings (SSSR count). The Balaban J connectivity index is 1.57. The van der Waals surface area contributed by atoms with E-state index < -0.39 is 0 Å². The molecule has 0 saturated heterocycles. The lowest BCUT2D eigenvalue weighted by molar-refractivity contribution is 0.102. The van der Waals surface area contributed by atoms with E-state index in [1.54, 1.807) is 34.4 Å². The monoisotopic (exact) mass is 436 g/mol. The lowest BCUT2D eigenvalue weighted by Gasteiger charge is -2.12. The molecule has 2 aromatic carbocycles. The number of hydrogen-bond donors (Lipinski definition) is 1. The summed E-state index contributed by atoms with van der Waals surface area (Å²) in [6.07, 6.45) is 6.60. The Morgan fingerprint density at radius 1 is 1.07 bits per heavy atom. The van der Waals surface area contributed by atoms with Crippen LogP contribution in [0, 0.1) is 0 Å². The Kier molecular flexibility index (Phi) is 5.16. The molecule has 4 aromatic rings. The van der Waals surface area contributed by atoms with Gasteiger partial charge in [0.1, 0.15) is 10.0 Å². The van der Waals surface area contributed by atoms with E-state index in [9.17, 15) is 4.79 Å². The molecule has 0 unspecified atom stereocenters. The van der Waals surface area contributed by atoms with Crippen molar-refractivity contribution in [3.63, 3.8) is 0 Å². The zero-order valence-electron chi connectivity index (χ0n) is 16.0. The van der Waals surface area contributed by atoms with Gasteiger partial charge in [0.25, 0.3) is 5.91 Å². The van der Waals surface area contributed by atoms with E-state index in [0.29, 0.717) is 5.56 Å². The summed E-state index contributed by atoms with van der Waals surface area (Å²) in [6.45, 7) is 0. The molecule has 0 spiro atoms. The lowest BCUT2D eigenvalue weighted by atomic mass is 9.95. The molecule has 146 valence electrons. The van der Waals surface area contributed by atoms with Gasteiger partial charge in [-0.25, -0.2) is 4.98 Å². The molecule has 29 heavy (non-hydrogen) atoms. The van der Waals surface area contributed by atoms with E-state index in [1.165, 1.54) is 28.0 Å². The van der Waals surface area contributed by atoms with Crippen molar-refractivity contribution < 1.29 is 4.79 Å². The summed E-state index contributed by atoms with van der Waals surface area (Å²) in [5.74, 6) is -0.0538. The third-order valence-electron chi connectivity index (χ3n) is 5.24. The highest BCUT2D eigenvalue weighted by molar-refractivity contribution is 7.98. The van der Waals surface area contributed by atoms with Crippen molar-refractivity contribution in [1.82, 2.24) is 4.98 Å². The SMILES string of the molecule is CSc1cccc(C(=O)Nc2sc3c(c2-c2nc4ccccc4s2)CCCC3)c1. The first-order chi connectivity index (χ1) is 14.2. The van der Waals surface area contributed by atoms with Crippen LogP contribution in [0.1, 0.15) is 33.6 Å². The molecule has 1 aliphatic carbocycles. The molecule has 1 N–H and O–H groups in total. The number of rotatable bonds is 4. The standard InChI is InChI=1S/C23H20N2OS3/c1-27-15-8-6-7-14(13-15)21(26)25-23-20(16-9-2-4-11-18(16)28-23)22-24-17-10-3-5-12-19(17)29-22/h3,5-8,10,12-13H,2,4,9,11H2,1H3,(H,25,26). The molecule has 0 fully saturated rings. The maximum atomic E-state index is 13.0. The van der Waals surface area contributed by atoms with Gasteiger partial charge in [0, 0.05) is 20.9 Å². The summed E-state index contributed by atoms with van der Waals surface area (Å²) in [4.78, 5) is 20.4. The summed E-state index contributed by atoms with van der Waals surface area (Å²) >= 11 is 5.09. The van der Waals surface area contributed by atoms with Crippen LogP contribution in [0.25, 0.3) is 20.8 Å². The van der Waals surface area contributed by atoms with Gasteiger partial charge < -0.3 is 5.32 Å². The fourth-order valence-electron chi connectivity index (χ4n) is 3.80. The predicted molar refractivity (Wildman–Crippen MR) is 126 cm³/mol. The second-order valence-electron chi connectivity index (χ2n) is 7.09. The maximum Gasteiger partial charge on any atom is 0.256 e. The largest absolute Gasteiger partial charge is 0.313 e. The molecule has 0 saturated carbocycles. The van der Waals surface area contributed by atoms with E-state index in [2.05, 4.69) is 23.5 Å². The van der Waals surface area contributed by atoms with Gasteiger partial charge in [0.2, 0.25) is 0 Å². The number of fused-ring (bicyclic) bond motifs is 2. The minimum Gasteiger partial charge on any atom is -0.313 e. The number of carbonyl (C=O) groups is 1. The predicted octanol–water partition coefficient (Wildman–Crippen LogP) is 6.88. The zero-order chi connectivity index (χ0) is 19.8. The van der Waals surface area contributed by atoms with Crippen molar-refractivity contribution in [1.29, 1.82) is 0 Å². The van der Waals surface area contributed by atoms with Gasteiger partial charge in [-0.2, -0.15) is 0 Å². The number of anilines is 1. The normalized spacial score (nSPS) is 13.4. The average Bonchev–Trinajstić information content (AvgIpc) is 3.34. The van der Waals surface area contributed by atoms with Gasteiger partial charge in [-0.3, -0.25) is 4.79 Å². The molecule has 6 heteroatoms. The first kappa shape index (κ1) is 18.9. The third kappa shape index (κ3) is 3.61. The topological polar surface area (TPSA) is 42.0 Å². The maximum absolute atomic E-state index is 13.0. The Hall–Kier alpha value is -2.15. The number of thiazole rings is 1. The number of benzene rings is 2. The number of aryl methyl sites for hydroxylation is 1. The van der Waals surface area contributed by atoms with Crippen molar-refractivity contribution in [2.45, 2.75) is 30.6 Å². The van der Waals surface area contributed by atoms with Crippen LogP contribution in [-0.2, 0) is 12.8 Å². The smallest absolute Gasteiger partial charge is 0.256 e. The quantitative estimate of drug-likeness (QED) is 0.355. The average molecular weight is 437 g/mol. The van der Waals surface area contributed by atoms with Crippen LogP contribution in [0.15, 0.2) is 53.4 Å². The van der Waals surface area contributed by atoms with E-state index in [4.69, 9.17) is 4.98 Å². The first-order valence-electron chi connectivity index (χ1n) is 9.69. The highest BCUT2D eigenvalue weighted by atomic mass is 32.2. The number of aromatic nitrogens is 1. The van der Waals surface area contributed by atoms with Gasteiger partial charge in [-0.1, -0.05) is 18.2 Å². The van der Waals surface area contributed by atoms with Crippen molar-refractivity contribution in [2.75, 3.05) is 11.6 Å². The summed E-state index contributed by atoms with van der Waals surface area (Å²) in [5.41, 5.74) is 4.24. The van der Waals surface area contributed by atoms with Gasteiger partial charge in [-0.05, 0) is 67.8 Å². The first-order valence-corrected chi connectivity index (χ1v) is 12.5. The minimum atomic E-state index is -0.0538. The van der Waals surface area contributed by atoms with Crippen molar-refractivity contribution in [3.05, 3.63) is 64.5 Å². The molecule has 1 amide bonds. The van der Waals surface area contributed by atoms with Crippen molar-refractivity contribution >= 4 is 55.6 Å². The number of thioether (sulfide) groups is 1. The number of nitrogens with zero attached hydrogens (tertiary/aromatic N) is 1. The number of thiophene rings is 1. The van der Waals surface area contributed by atoms with Gasteiger partial charge in [0.05, 0.1) is 10.2 Å². The molecular weight excluding hydrogens is 416 g/mol. The molecular formula is C23H20N2OS3. The second-order valence-corrected chi connectivity index (χ2v) is 10.1.